The molecule has 3 rings (SSSR count). The highest BCUT2D eigenvalue weighted by Crippen LogP contribution is 2.28. The van der Waals surface area contributed by atoms with Crippen molar-refractivity contribution in [2.45, 2.75) is 52.1 Å². The van der Waals surface area contributed by atoms with Gasteiger partial charge in [-0.25, -0.2) is 0 Å². The van der Waals surface area contributed by atoms with Gasteiger partial charge in [0, 0.05) is 37.4 Å². The molecule has 0 radical (unpaired) electrons. The van der Waals surface area contributed by atoms with Gasteiger partial charge in [0.15, 0.2) is 5.69 Å². The number of hydrogen-bond acceptors (Lipinski definition) is 3. The van der Waals surface area contributed by atoms with Crippen molar-refractivity contribution in [1.29, 1.82) is 0 Å². The van der Waals surface area contributed by atoms with Gasteiger partial charge in [-0.2, -0.15) is 5.10 Å². The monoisotopic (exact) mass is 380 g/mol. The predicted octanol–water partition coefficient (Wildman–Crippen LogP) is 3.24. The minimum atomic E-state index is -0.0849. The maximum atomic E-state index is 12.5. The highest BCUT2D eigenvalue weighted by molar-refractivity contribution is 5.93. The predicted molar refractivity (Wildman–Crippen MR) is 114 cm³/mol. The summed E-state index contributed by atoms with van der Waals surface area (Å²) in [7, 11) is 1.68. The van der Waals surface area contributed by atoms with Gasteiger partial charge in [-0.1, -0.05) is 49.4 Å². The van der Waals surface area contributed by atoms with Crippen LogP contribution in [0.1, 0.15) is 47.6 Å². The number of carbonyl (C=O) groups is 1. The van der Waals surface area contributed by atoms with E-state index in [1.807, 2.05) is 6.07 Å². The highest BCUT2D eigenvalue weighted by atomic mass is 16.1. The number of carbonyl (C=O) groups excluding carboxylic acids is 1. The summed E-state index contributed by atoms with van der Waals surface area (Å²) >= 11 is 0. The minimum Gasteiger partial charge on any atom is -0.354 e. The van der Waals surface area contributed by atoms with Gasteiger partial charge in [0.05, 0.1) is 0 Å². The van der Waals surface area contributed by atoms with Crippen LogP contribution in [0.25, 0.3) is 0 Å². The fraction of sp³-hybridized carbons (Fsp3) is 0.478. The lowest BCUT2D eigenvalue weighted by Gasteiger charge is -2.34. The number of fused-ring (bicyclic) bond motifs is 1. The molecule has 1 aromatic heterocycles. The van der Waals surface area contributed by atoms with E-state index in [0.717, 1.165) is 50.9 Å². The molecular formula is C23H32N4O. The number of nitrogens with one attached hydrogen (secondary N) is 1. The van der Waals surface area contributed by atoms with Crippen LogP contribution < -0.4 is 5.32 Å². The Morgan fingerprint density at radius 2 is 2.11 bits per heavy atom. The minimum absolute atomic E-state index is 0.0849. The Morgan fingerprint density at radius 3 is 2.75 bits per heavy atom. The standard InChI is InChI=1S/C23H32N4O/c1-5-26(16-17(2)3)19-11-12-21-20(15-19)22(23(28)24-4)25-27(21)14-13-18-9-7-6-8-10-18/h6-10,19H,2,5,11-16H2,1,3-4H3,(H,24,28). The molecule has 0 saturated carbocycles. The molecule has 1 aliphatic carbocycles. The Hall–Kier alpha value is -2.40. The molecule has 1 aliphatic rings. The number of nitrogens with zero attached hydrogens (tertiary/aromatic N) is 3. The molecule has 5 heteroatoms. The van der Waals surface area contributed by atoms with E-state index in [2.05, 4.69) is 59.6 Å². The van der Waals surface area contributed by atoms with Crippen LogP contribution in [0, 0.1) is 0 Å². The van der Waals surface area contributed by atoms with E-state index in [-0.39, 0.29) is 5.91 Å². The first kappa shape index (κ1) is 20.3. The van der Waals surface area contributed by atoms with E-state index in [4.69, 9.17) is 5.10 Å². The molecule has 1 heterocycles. The van der Waals surface area contributed by atoms with Crippen molar-refractivity contribution in [1.82, 2.24) is 20.0 Å². The number of amides is 1. The van der Waals surface area contributed by atoms with Crippen molar-refractivity contribution in [2.24, 2.45) is 0 Å². The number of benzene rings is 1. The van der Waals surface area contributed by atoms with E-state index < -0.39 is 0 Å². The fourth-order valence-electron chi connectivity index (χ4n) is 4.19. The molecule has 150 valence electrons. The van der Waals surface area contributed by atoms with Gasteiger partial charge in [0.1, 0.15) is 0 Å². The lowest BCUT2D eigenvalue weighted by molar-refractivity contribution is 0.0955. The molecule has 1 unspecified atom stereocenters. The number of hydrogen-bond donors (Lipinski definition) is 1. The SMILES string of the molecule is C=C(C)CN(CC)C1CCc2c(c(C(=O)NC)nn2CCc2ccccc2)C1. The summed E-state index contributed by atoms with van der Waals surface area (Å²) in [6.07, 6.45) is 3.86. The van der Waals surface area contributed by atoms with Crippen LogP contribution in [0.5, 0.6) is 0 Å². The Bertz CT molecular complexity index is 825. The number of rotatable bonds is 8. The molecule has 5 nitrogen and oxygen atoms in total. The van der Waals surface area contributed by atoms with Crippen molar-refractivity contribution in [3.63, 3.8) is 0 Å². The highest BCUT2D eigenvalue weighted by Gasteiger charge is 2.31. The average Bonchev–Trinajstić information content (AvgIpc) is 3.08. The summed E-state index contributed by atoms with van der Waals surface area (Å²) in [6.45, 7) is 11.1. The average molecular weight is 381 g/mol. The molecule has 1 aromatic carbocycles. The maximum absolute atomic E-state index is 12.5. The van der Waals surface area contributed by atoms with Crippen LogP contribution in [-0.4, -0.2) is 46.8 Å². The van der Waals surface area contributed by atoms with Crippen molar-refractivity contribution < 1.29 is 4.79 Å². The number of aromatic nitrogens is 2. The quantitative estimate of drug-likeness (QED) is 0.715. The van der Waals surface area contributed by atoms with Gasteiger partial charge in [-0.15, -0.1) is 0 Å². The van der Waals surface area contributed by atoms with Crippen molar-refractivity contribution in [2.75, 3.05) is 20.1 Å². The molecule has 28 heavy (non-hydrogen) atoms. The van der Waals surface area contributed by atoms with Gasteiger partial charge in [0.25, 0.3) is 5.91 Å². The van der Waals surface area contributed by atoms with Crippen LogP contribution >= 0.6 is 0 Å². The van der Waals surface area contributed by atoms with Crippen LogP contribution in [-0.2, 0) is 25.8 Å². The fourth-order valence-corrected chi connectivity index (χ4v) is 4.19. The first-order chi connectivity index (χ1) is 13.5. The number of aryl methyl sites for hydroxylation is 2. The van der Waals surface area contributed by atoms with Crippen molar-refractivity contribution in [3.8, 4) is 0 Å². The van der Waals surface area contributed by atoms with Gasteiger partial charge in [-0.05, 0) is 44.7 Å². The van der Waals surface area contributed by atoms with Gasteiger partial charge in [-0.3, -0.25) is 14.4 Å². The maximum Gasteiger partial charge on any atom is 0.271 e. The first-order valence-corrected chi connectivity index (χ1v) is 10.3. The van der Waals surface area contributed by atoms with Gasteiger partial charge >= 0.3 is 0 Å². The van der Waals surface area contributed by atoms with Gasteiger partial charge < -0.3 is 5.32 Å². The Labute approximate surface area is 168 Å². The van der Waals surface area contributed by atoms with Crippen LogP contribution in [0.3, 0.4) is 0 Å². The molecular weight excluding hydrogens is 348 g/mol. The molecule has 0 bridgehead atoms. The molecule has 1 amide bonds. The second-order valence-corrected chi connectivity index (χ2v) is 7.73. The summed E-state index contributed by atoms with van der Waals surface area (Å²) in [5.41, 5.74) is 5.43. The first-order valence-electron chi connectivity index (χ1n) is 10.3. The van der Waals surface area contributed by atoms with E-state index in [0.29, 0.717) is 11.7 Å². The molecule has 0 spiro atoms. The zero-order valence-electron chi connectivity index (χ0n) is 17.4. The van der Waals surface area contributed by atoms with Crippen molar-refractivity contribution in [3.05, 3.63) is 65.0 Å². The third-order valence-electron chi connectivity index (χ3n) is 5.61. The topological polar surface area (TPSA) is 50.2 Å². The van der Waals surface area contributed by atoms with Crippen LogP contribution in [0.4, 0.5) is 0 Å². The summed E-state index contributed by atoms with van der Waals surface area (Å²) < 4.78 is 2.07. The smallest absolute Gasteiger partial charge is 0.271 e. The third kappa shape index (κ3) is 4.53. The normalized spacial score (nSPS) is 16.1. The van der Waals surface area contributed by atoms with E-state index in [1.165, 1.54) is 16.8 Å². The Balaban J connectivity index is 1.84. The molecule has 0 fully saturated rings. The summed E-state index contributed by atoms with van der Waals surface area (Å²) in [6, 6.07) is 10.9. The zero-order valence-corrected chi connectivity index (χ0v) is 17.4. The molecule has 1 N–H and O–H groups in total. The summed E-state index contributed by atoms with van der Waals surface area (Å²) in [5, 5.41) is 7.49. The van der Waals surface area contributed by atoms with Crippen LogP contribution in [0.15, 0.2) is 42.5 Å². The Morgan fingerprint density at radius 1 is 1.36 bits per heavy atom. The Kier molecular flexibility index (Phi) is 6.68. The molecule has 2 aromatic rings. The second kappa shape index (κ2) is 9.20. The lowest BCUT2D eigenvalue weighted by atomic mass is 9.89. The molecule has 1 atom stereocenters. The van der Waals surface area contributed by atoms with Crippen molar-refractivity contribution >= 4 is 5.91 Å². The summed E-state index contributed by atoms with van der Waals surface area (Å²) in [4.78, 5) is 15.0. The zero-order chi connectivity index (χ0) is 20.1. The molecule has 0 saturated heterocycles. The lowest BCUT2D eigenvalue weighted by Crippen LogP contribution is -2.40. The second-order valence-electron chi connectivity index (χ2n) is 7.73. The van der Waals surface area contributed by atoms with E-state index >= 15 is 0 Å². The third-order valence-corrected chi connectivity index (χ3v) is 5.61. The van der Waals surface area contributed by atoms with Crippen LogP contribution in [0.2, 0.25) is 0 Å². The van der Waals surface area contributed by atoms with E-state index in [1.54, 1.807) is 7.05 Å². The summed E-state index contributed by atoms with van der Waals surface area (Å²) in [5.74, 6) is -0.0849. The molecule has 0 aliphatic heterocycles. The van der Waals surface area contributed by atoms with Gasteiger partial charge in [0.2, 0.25) is 0 Å². The van der Waals surface area contributed by atoms with E-state index in [9.17, 15) is 4.79 Å². The largest absolute Gasteiger partial charge is 0.354 e. The number of likely N-dealkylation sites (N-methyl/N-ethyl adjacent to an activating group) is 1.